The monoisotopic (exact) mass is 257 g/mol. The number of pyridine rings is 1. The van der Waals surface area contributed by atoms with Crippen molar-refractivity contribution in [2.75, 3.05) is 5.73 Å². The summed E-state index contributed by atoms with van der Waals surface area (Å²) in [6.07, 6.45) is 1.46. The van der Waals surface area contributed by atoms with Gasteiger partial charge in [-0.1, -0.05) is 12.1 Å². The van der Waals surface area contributed by atoms with E-state index in [9.17, 15) is 9.59 Å². The molecule has 0 spiro atoms. The highest BCUT2D eigenvalue weighted by Gasteiger charge is 2.10. The van der Waals surface area contributed by atoms with Gasteiger partial charge in [0, 0.05) is 11.8 Å². The van der Waals surface area contributed by atoms with Gasteiger partial charge in [-0.3, -0.25) is 4.79 Å². The number of benzene rings is 1. The van der Waals surface area contributed by atoms with Gasteiger partial charge < -0.3 is 16.6 Å². The number of primary amides is 1. The normalized spacial score (nSPS) is 10.1. The molecular formula is C13H11N3O3. The molecule has 1 aromatic carbocycles. The topological polar surface area (TPSA) is 119 Å². The minimum atomic E-state index is -1.03. The van der Waals surface area contributed by atoms with Crippen LogP contribution in [0.1, 0.15) is 20.7 Å². The summed E-state index contributed by atoms with van der Waals surface area (Å²) in [6, 6.07) is 7.78. The molecule has 0 atom stereocenters. The Morgan fingerprint density at radius 1 is 1.16 bits per heavy atom. The Kier molecular flexibility index (Phi) is 3.15. The average Bonchev–Trinajstić information content (AvgIpc) is 2.39. The molecule has 0 aliphatic carbocycles. The molecular weight excluding hydrogens is 246 g/mol. The molecule has 0 saturated heterocycles. The molecule has 6 heteroatoms. The number of amides is 1. The number of aromatic carboxylic acids is 1. The number of carboxylic acid groups (broad SMARTS) is 1. The number of hydrogen-bond donors (Lipinski definition) is 3. The molecule has 0 bridgehead atoms. The molecule has 1 aromatic heterocycles. The first-order valence-electron chi connectivity index (χ1n) is 5.38. The summed E-state index contributed by atoms with van der Waals surface area (Å²) in [5.41, 5.74) is 12.2. The lowest BCUT2D eigenvalue weighted by Gasteiger charge is -2.06. The van der Waals surface area contributed by atoms with Gasteiger partial charge in [-0.05, 0) is 23.8 Å². The Morgan fingerprint density at radius 2 is 1.89 bits per heavy atom. The lowest BCUT2D eigenvalue weighted by molar-refractivity contribution is 0.0696. The first-order chi connectivity index (χ1) is 8.99. The Labute approximate surface area is 108 Å². The van der Waals surface area contributed by atoms with Crippen LogP contribution in [0.2, 0.25) is 0 Å². The standard InChI is InChI=1S/C13H11N3O3/c14-11-10(12(15)17)5-9(6-16-11)7-2-1-3-8(4-7)13(18)19/h1-6H,(H2,14,16)(H2,15,17)(H,18,19). The first-order valence-corrected chi connectivity index (χ1v) is 5.38. The molecule has 5 N–H and O–H groups in total. The van der Waals surface area contributed by atoms with Crippen LogP contribution in [0, 0.1) is 0 Å². The lowest BCUT2D eigenvalue weighted by atomic mass is 10.0. The predicted octanol–water partition coefficient (Wildman–Crippen LogP) is 1.13. The third-order valence-electron chi connectivity index (χ3n) is 2.63. The van der Waals surface area contributed by atoms with Crippen molar-refractivity contribution in [2.24, 2.45) is 5.73 Å². The van der Waals surface area contributed by atoms with Gasteiger partial charge in [0.25, 0.3) is 5.91 Å². The van der Waals surface area contributed by atoms with Crippen molar-refractivity contribution in [1.29, 1.82) is 0 Å². The summed E-state index contributed by atoms with van der Waals surface area (Å²) in [4.78, 5) is 26.0. The maximum Gasteiger partial charge on any atom is 0.335 e. The largest absolute Gasteiger partial charge is 0.478 e. The molecule has 0 radical (unpaired) electrons. The molecule has 1 heterocycles. The smallest absolute Gasteiger partial charge is 0.335 e. The zero-order valence-corrected chi connectivity index (χ0v) is 9.83. The second-order valence-corrected chi connectivity index (χ2v) is 3.91. The van der Waals surface area contributed by atoms with Crippen LogP contribution in [0.15, 0.2) is 36.5 Å². The van der Waals surface area contributed by atoms with Gasteiger partial charge >= 0.3 is 5.97 Å². The van der Waals surface area contributed by atoms with Gasteiger partial charge in [0.15, 0.2) is 0 Å². The summed E-state index contributed by atoms with van der Waals surface area (Å²) < 4.78 is 0. The van der Waals surface area contributed by atoms with Gasteiger partial charge in [-0.15, -0.1) is 0 Å². The zero-order valence-electron chi connectivity index (χ0n) is 9.83. The molecule has 2 aromatic rings. The number of rotatable bonds is 3. The van der Waals surface area contributed by atoms with E-state index in [1.54, 1.807) is 12.1 Å². The fourth-order valence-corrected chi connectivity index (χ4v) is 1.66. The van der Waals surface area contributed by atoms with E-state index in [4.69, 9.17) is 16.6 Å². The van der Waals surface area contributed by atoms with Crippen LogP contribution in [0.4, 0.5) is 5.82 Å². The number of anilines is 1. The van der Waals surface area contributed by atoms with Crippen molar-refractivity contribution in [2.45, 2.75) is 0 Å². The highest BCUT2D eigenvalue weighted by Crippen LogP contribution is 2.22. The van der Waals surface area contributed by atoms with Gasteiger partial charge in [0.1, 0.15) is 5.82 Å². The average molecular weight is 257 g/mol. The molecule has 6 nitrogen and oxygen atoms in total. The quantitative estimate of drug-likeness (QED) is 0.761. The molecule has 0 aliphatic rings. The van der Waals surface area contributed by atoms with Gasteiger partial charge in [-0.2, -0.15) is 0 Å². The van der Waals surface area contributed by atoms with E-state index in [0.29, 0.717) is 11.1 Å². The minimum absolute atomic E-state index is 0.0469. The van der Waals surface area contributed by atoms with E-state index < -0.39 is 11.9 Å². The zero-order chi connectivity index (χ0) is 14.0. The van der Waals surface area contributed by atoms with E-state index in [1.165, 1.54) is 24.4 Å². The molecule has 0 aliphatic heterocycles. The van der Waals surface area contributed by atoms with Gasteiger partial charge in [0.2, 0.25) is 0 Å². The highest BCUT2D eigenvalue weighted by atomic mass is 16.4. The van der Waals surface area contributed by atoms with Gasteiger partial charge in [0.05, 0.1) is 11.1 Å². The Balaban J connectivity index is 2.53. The molecule has 1 amide bonds. The molecule has 2 rings (SSSR count). The second-order valence-electron chi connectivity index (χ2n) is 3.91. The Morgan fingerprint density at radius 3 is 2.53 bits per heavy atom. The second kappa shape index (κ2) is 4.77. The number of carbonyl (C=O) groups is 2. The van der Waals surface area contributed by atoms with E-state index in [1.807, 2.05) is 0 Å². The van der Waals surface area contributed by atoms with E-state index in [2.05, 4.69) is 4.98 Å². The van der Waals surface area contributed by atoms with Crippen molar-refractivity contribution in [3.63, 3.8) is 0 Å². The van der Waals surface area contributed by atoms with Crippen LogP contribution in [-0.4, -0.2) is 22.0 Å². The van der Waals surface area contributed by atoms with Crippen LogP contribution in [-0.2, 0) is 0 Å². The summed E-state index contributed by atoms with van der Waals surface area (Å²) >= 11 is 0. The van der Waals surface area contributed by atoms with E-state index in [-0.39, 0.29) is 16.9 Å². The van der Waals surface area contributed by atoms with Gasteiger partial charge in [-0.25, -0.2) is 9.78 Å². The number of nitrogens with zero attached hydrogens (tertiary/aromatic N) is 1. The number of carboxylic acids is 1. The molecule has 96 valence electrons. The van der Waals surface area contributed by atoms with Crippen LogP contribution in [0.25, 0.3) is 11.1 Å². The molecule has 0 saturated carbocycles. The molecule has 0 fully saturated rings. The fraction of sp³-hybridized carbons (Fsp3) is 0. The summed E-state index contributed by atoms with van der Waals surface area (Å²) in [5.74, 6) is -1.66. The van der Waals surface area contributed by atoms with Crippen LogP contribution in [0.3, 0.4) is 0 Å². The Hall–Kier alpha value is -2.89. The van der Waals surface area contributed by atoms with Crippen LogP contribution in [0.5, 0.6) is 0 Å². The summed E-state index contributed by atoms with van der Waals surface area (Å²) in [5, 5.41) is 8.93. The number of nitrogen functional groups attached to an aromatic ring is 1. The maximum absolute atomic E-state index is 11.2. The van der Waals surface area contributed by atoms with E-state index >= 15 is 0 Å². The molecule has 0 unspecified atom stereocenters. The number of hydrogen-bond acceptors (Lipinski definition) is 4. The van der Waals surface area contributed by atoms with Crippen molar-refractivity contribution in [1.82, 2.24) is 4.98 Å². The van der Waals surface area contributed by atoms with Crippen LogP contribution >= 0.6 is 0 Å². The maximum atomic E-state index is 11.2. The van der Waals surface area contributed by atoms with E-state index in [0.717, 1.165) is 0 Å². The van der Waals surface area contributed by atoms with Crippen molar-refractivity contribution >= 4 is 17.7 Å². The lowest BCUT2D eigenvalue weighted by Crippen LogP contribution is -2.14. The molecule has 19 heavy (non-hydrogen) atoms. The fourth-order valence-electron chi connectivity index (χ4n) is 1.66. The van der Waals surface area contributed by atoms with Crippen molar-refractivity contribution < 1.29 is 14.7 Å². The SMILES string of the molecule is NC(=O)c1cc(-c2cccc(C(=O)O)c2)cnc1N. The summed E-state index contributed by atoms with van der Waals surface area (Å²) in [7, 11) is 0. The predicted molar refractivity (Wildman–Crippen MR) is 69.6 cm³/mol. The third-order valence-corrected chi connectivity index (χ3v) is 2.63. The first kappa shape index (κ1) is 12.6. The Bertz CT molecular complexity index is 668. The van der Waals surface area contributed by atoms with Crippen molar-refractivity contribution in [3.8, 4) is 11.1 Å². The number of aromatic nitrogens is 1. The van der Waals surface area contributed by atoms with Crippen LogP contribution < -0.4 is 11.5 Å². The third kappa shape index (κ3) is 2.52. The van der Waals surface area contributed by atoms with Crippen molar-refractivity contribution in [3.05, 3.63) is 47.7 Å². The number of carbonyl (C=O) groups excluding carboxylic acids is 1. The summed E-state index contributed by atoms with van der Waals surface area (Å²) in [6.45, 7) is 0. The number of nitrogens with two attached hydrogens (primary N) is 2. The minimum Gasteiger partial charge on any atom is -0.478 e. The highest BCUT2D eigenvalue weighted by molar-refractivity contribution is 5.98.